The number of anilines is 1. The zero-order chi connectivity index (χ0) is 20.4. The Kier molecular flexibility index (Phi) is 5.22. The molecule has 0 radical (unpaired) electrons. The van der Waals surface area contributed by atoms with Gasteiger partial charge in [-0.2, -0.15) is 0 Å². The van der Waals surface area contributed by atoms with E-state index in [1.165, 1.54) is 13.4 Å². The van der Waals surface area contributed by atoms with Crippen molar-refractivity contribution in [2.24, 2.45) is 5.41 Å². The van der Waals surface area contributed by atoms with Crippen molar-refractivity contribution in [1.82, 2.24) is 14.9 Å². The van der Waals surface area contributed by atoms with Crippen LogP contribution in [0.3, 0.4) is 0 Å². The van der Waals surface area contributed by atoms with Crippen LogP contribution in [-0.4, -0.2) is 60.5 Å². The minimum atomic E-state index is -0.458. The molecule has 0 N–H and O–H groups in total. The normalized spacial score (nSPS) is 21.3. The van der Waals surface area contributed by atoms with E-state index in [0.29, 0.717) is 0 Å². The molecule has 1 amide bonds. The Bertz CT molecular complexity index is 894. The van der Waals surface area contributed by atoms with Crippen LogP contribution in [0.5, 0.6) is 0 Å². The lowest BCUT2D eigenvalue weighted by Crippen LogP contribution is -2.53. The van der Waals surface area contributed by atoms with Crippen molar-refractivity contribution in [3.8, 4) is 0 Å². The lowest BCUT2D eigenvalue weighted by Gasteiger charge is -2.49. The maximum absolute atomic E-state index is 12.8. The number of likely N-dealkylation sites (N-methyl/N-ethyl adjacent to an activating group) is 1. The third kappa shape index (κ3) is 3.81. The fraction of sp³-hybridized carbons (Fsp3) is 0.455. The number of amides is 1. The molecule has 1 aromatic heterocycles. The summed E-state index contributed by atoms with van der Waals surface area (Å²) in [5.41, 5.74) is 1.48. The second-order valence-electron chi connectivity index (χ2n) is 8.10. The average Bonchev–Trinajstić information content (AvgIpc) is 2.77. The molecule has 0 unspecified atom stereocenters. The quantitative estimate of drug-likeness (QED) is 0.745. The number of piperidine rings is 2. The van der Waals surface area contributed by atoms with E-state index >= 15 is 0 Å². The zero-order valence-electron chi connectivity index (χ0n) is 16.9. The average molecular weight is 394 g/mol. The first-order valence-electron chi connectivity index (χ1n) is 9.97. The number of aromatic nitrogens is 2. The van der Waals surface area contributed by atoms with E-state index in [1.54, 1.807) is 6.07 Å². The van der Waals surface area contributed by atoms with Crippen LogP contribution in [0.1, 0.15) is 41.2 Å². The summed E-state index contributed by atoms with van der Waals surface area (Å²) in [6.45, 7) is 2.46. The molecule has 7 heteroatoms. The molecule has 4 rings (SSSR count). The molecule has 0 aliphatic carbocycles. The Balaban J connectivity index is 1.49. The molecule has 152 valence electrons. The van der Waals surface area contributed by atoms with Crippen LogP contribution in [0.2, 0.25) is 0 Å². The van der Waals surface area contributed by atoms with Gasteiger partial charge in [0.15, 0.2) is 5.69 Å². The van der Waals surface area contributed by atoms with Crippen molar-refractivity contribution in [2.45, 2.75) is 25.2 Å². The lowest BCUT2D eigenvalue weighted by molar-refractivity contribution is -0.138. The van der Waals surface area contributed by atoms with Gasteiger partial charge in [-0.15, -0.1) is 0 Å². The maximum atomic E-state index is 12.8. The van der Waals surface area contributed by atoms with E-state index in [0.717, 1.165) is 50.3 Å². The van der Waals surface area contributed by atoms with Crippen molar-refractivity contribution < 1.29 is 14.3 Å². The van der Waals surface area contributed by atoms with E-state index < -0.39 is 5.97 Å². The van der Waals surface area contributed by atoms with Gasteiger partial charge in [0.2, 0.25) is 5.91 Å². The Morgan fingerprint density at radius 1 is 1.17 bits per heavy atom. The molecule has 0 saturated carbocycles. The highest BCUT2D eigenvalue weighted by Gasteiger charge is 2.45. The minimum absolute atomic E-state index is 0.0773. The molecular weight excluding hydrogens is 368 g/mol. The van der Waals surface area contributed by atoms with E-state index in [1.807, 2.05) is 30.1 Å². The van der Waals surface area contributed by atoms with Gasteiger partial charge in [0.25, 0.3) is 0 Å². The number of hydrogen-bond donors (Lipinski definition) is 0. The molecule has 29 heavy (non-hydrogen) atoms. The smallest absolute Gasteiger partial charge is 0.356 e. The third-order valence-corrected chi connectivity index (χ3v) is 6.28. The predicted octanol–water partition coefficient (Wildman–Crippen LogP) is 2.50. The number of hydrogen-bond acceptors (Lipinski definition) is 6. The number of methoxy groups -OCH3 is 1. The largest absolute Gasteiger partial charge is 0.464 e. The standard InChI is InChI=1S/C22H26N4O3/c1-25-14-22(13-17(20(25)27)16-6-4-3-5-7-16)8-10-26(11-9-22)19-12-18(21(28)29-2)23-15-24-19/h3-7,12,15,17H,8-11,13-14H2,1-2H3/t17-/m0/s1. The molecule has 1 aromatic carbocycles. The molecule has 2 aliphatic rings. The molecule has 7 nitrogen and oxygen atoms in total. The van der Waals surface area contributed by atoms with Crippen molar-refractivity contribution in [1.29, 1.82) is 0 Å². The van der Waals surface area contributed by atoms with Crippen LogP contribution < -0.4 is 4.90 Å². The van der Waals surface area contributed by atoms with Gasteiger partial charge in [-0.1, -0.05) is 30.3 Å². The molecule has 1 atom stereocenters. The summed E-state index contributed by atoms with van der Waals surface area (Å²) in [6.07, 6.45) is 4.24. The predicted molar refractivity (Wildman–Crippen MR) is 109 cm³/mol. The van der Waals surface area contributed by atoms with Gasteiger partial charge in [-0.3, -0.25) is 4.79 Å². The number of carbonyl (C=O) groups excluding carboxylic acids is 2. The van der Waals surface area contributed by atoms with Gasteiger partial charge in [0.1, 0.15) is 12.1 Å². The van der Waals surface area contributed by atoms with Gasteiger partial charge in [0, 0.05) is 32.7 Å². The number of benzene rings is 1. The molecule has 2 saturated heterocycles. The molecule has 1 spiro atoms. The van der Waals surface area contributed by atoms with Crippen LogP contribution in [0.15, 0.2) is 42.7 Å². The van der Waals surface area contributed by atoms with E-state index in [9.17, 15) is 9.59 Å². The second kappa shape index (κ2) is 7.81. The van der Waals surface area contributed by atoms with Gasteiger partial charge in [-0.05, 0) is 30.2 Å². The molecule has 2 fully saturated rings. The maximum Gasteiger partial charge on any atom is 0.356 e. The van der Waals surface area contributed by atoms with Gasteiger partial charge < -0.3 is 14.5 Å². The highest BCUT2D eigenvalue weighted by atomic mass is 16.5. The summed E-state index contributed by atoms with van der Waals surface area (Å²) in [5.74, 6) is 0.421. The summed E-state index contributed by atoms with van der Waals surface area (Å²) in [7, 11) is 3.26. The number of nitrogens with zero attached hydrogens (tertiary/aromatic N) is 4. The summed E-state index contributed by atoms with van der Waals surface area (Å²) in [6, 6.07) is 11.8. The van der Waals surface area contributed by atoms with Crippen molar-refractivity contribution in [2.75, 3.05) is 38.7 Å². The summed E-state index contributed by atoms with van der Waals surface area (Å²) in [4.78, 5) is 37.0. The SMILES string of the molecule is COC(=O)c1cc(N2CCC3(CC2)C[C@@H](c2ccccc2)C(=O)N(C)C3)ncn1. The monoisotopic (exact) mass is 394 g/mol. The first-order valence-corrected chi connectivity index (χ1v) is 9.97. The number of rotatable bonds is 3. The second-order valence-corrected chi connectivity index (χ2v) is 8.10. The topological polar surface area (TPSA) is 75.6 Å². The Hall–Kier alpha value is -2.96. The highest BCUT2D eigenvalue weighted by molar-refractivity contribution is 5.87. The summed E-state index contributed by atoms with van der Waals surface area (Å²) < 4.78 is 4.76. The number of ether oxygens (including phenoxy) is 1. The fourth-order valence-corrected chi connectivity index (χ4v) is 4.69. The number of esters is 1. The van der Waals surface area contributed by atoms with Crippen molar-refractivity contribution in [3.63, 3.8) is 0 Å². The Labute approximate surface area is 170 Å². The summed E-state index contributed by atoms with van der Waals surface area (Å²) in [5, 5.41) is 0. The van der Waals surface area contributed by atoms with Gasteiger partial charge in [-0.25, -0.2) is 14.8 Å². The Morgan fingerprint density at radius 3 is 2.59 bits per heavy atom. The van der Waals surface area contributed by atoms with Gasteiger partial charge >= 0.3 is 5.97 Å². The van der Waals surface area contributed by atoms with Crippen molar-refractivity contribution in [3.05, 3.63) is 54.0 Å². The van der Waals surface area contributed by atoms with Crippen LogP contribution in [0, 0.1) is 5.41 Å². The zero-order valence-corrected chi connectivity index (χ0v) is 16.9. The van der Waals surface area contributed by atoms with Crippen molar-refractivity contribution >= 4 is 17.7 Å². The first-order chi connectivity index (χ1) is 14.0. The van der Waals surface area contributed by atoms with Gasteiger partial charge in [0.05, 0.1) is 13.0 Å². The van der Waals surface area contributed by atoms with E-state index in [2.05, 4.69) is 27.0 Å². The molecular formula is C22H26N4O3. The molecule has 2 aliphatic heterocycles. The number of likely N-dealkylation sites (tertiary alicyclic amines) is 1. The van der Waals surface area contributed by atoms with Crippen LogP contribution >= 0.6 is 0 Å². The third-order valence-electron chi connectivity index (χ3n) is 6.28. The van der Waals surface area contributed by atoms with E-state index in [4.69, 9.17) is 4.74 Å². The molecule has 2 aromatic rings. The molecule has 0 bridgehead atoms. The van der Waals surface area contributed by atoms with Crippen LogP contribution in [-0.2, 0) is 9.53 Å². The number of carbonyl (C=O) groups is 2. The van der Waals surface area contributed by atoms with Crippen LogP contribution in [0.25, 0.3) is 0 Å². The van der Waals surface area contributed by atoms with Crippen LogP contribution in [0.4, 0.5) is 5.82 Å². The Morgan fingerprint density at radius 2 is 1.90 bits per heavy atom. The van der Waals surface area contributed by atoms with E-state index in [-0.39, 0.29) is 22.9 Å². The fourth-order valence-electron chi connectivity index (χ4n) is 4.69. The lowest BCUT2D eigenvalue weighted by atomic mass is 9.68. The highest BCUT2D eigenvalue weighted by Crippen LogP contribution is 2.45. The molecule has 3 heterocycles. The minimum Gasteiger partial charge on any atom is -0.464 e. The summed E-state index contributed by atoms with van der Waals surface area (Å²) >= 11 is 0. The first kappa shape index (κ1) is 19.4.